The van der Waals surface area contributed by atoms with Gasteiger partial charge in [-0.1, -0.05) is 6.08 Å². The Balaban J connectivity index is 3.21. The van der Waals surface area contributed by atoms with Crippen LogP contribution in [0.1, 0.15) is 6.42 Å². The van der Waals surface area contributed by atoms with Crippen molar-refractivity contribution in [2.75, 3.05) is 5.88 Å². The number of hydrogen-bond acceptors (Lipinski definition) is 4. The smallest absolute Gasteiger partial charge is 0.255 e. The van der Waals surface area contributed by atoms with Crippen molar-refractivity contribution < 1.29 is 13.3 Å². The maximum absolute atomic E-state index is 10.6. The second kappa shape index (κ2) is 4.39. The van der Waals surface area contributed by atoms with Crippen LogP contribution >= 0.6 is 11.6 Å². The first kappa shape index (κ1) is 10.9. The van der Waals surface area contributed by atoms with E-state index in [0.29, 0.717) is 5.57 Å². The van der Waals surface area contributed by atoms with Crippen molar-refractivity contribution in [3.05, 3.63) is 33.5 Å². The summed E-state index contributed by atoms with van der Waals surface area (Å²) in [5.74, 6) is 0.00554. The number of alkyl halides is 1. The third-order valence-electron chi connectivity index (χ3n) is 1.76. The van der Waals surface area contributed by atoms with E-state index < -0.39 is 15.2 Å². The zero-order chi connectivity index (χ0) is 10.7. The Morgan fingerprint density at radius 1 is 1.50 bits per heavy atom. The second-order valence-corrected chi connectivity index (χ2v) is 3.83. The molecule has 0 atom stereocenters. The van der Waals surface area contributed by atoms with Gasteiger partial charge in [-0.25, -0.2) is 0 Å². The molecule has 0 aliphatic heterocycles. The van der Waals surface area contributed by atoms with Gasteiger partial charge >= 0.3 is 0 Å². The lowest BCUT2D eigenvalue weighted by Gasteiger charge is -2.05. The maximum atomic E-state index is 10.6. The van der Waals surface area contributed by atoms with Crippen LogP contribution in [0.5, 0.6) is 0 Å². The van der Waals surface area contributed by atoms with Gasteiger partial charge in [-0.3, -0.25) is 10.1 Å². The summed E-state index contributed by atoms with van der Waals surface area (Å²) in [5, 5.41) is 10.5. The second-order valence-electron chi connectivity index (χ2n) is 2.57. The largest absolute Gasteiger partial charge is 0.259 e. The zero-order valence-electron chi connectivity index (χ0n) is 6.94. The molecule has 76 valence electrons. The Morgan fingerprint density at radius 3 is 2.57 bits per heavy atom. The molecular weight excluding hydrogens is 230 g/mol. The molecule has 0 bridgehead atoms. The summed E-state index contributed by atoms with van der Waals surface area (Å²) >= 11 is 5.47. The Bertz CT molecular complexity index is 452. The first-order valence-electron chi connectivity index (χ1n) is 3.61. The Labute approximate surface area is 86.4 Å². The summed E-state index contributed by atoms with van der Waals surface area (Å²) in [5.41, 5.74) is 0.201. The van der Waals surface area contributed by atoms with Crippen LogP contribution in [-0.2, 0) is 10.3 Å². The van der Waals surface area contributed by atoms with Crippen LogP contribution in [0.15, 0.2) is 23.4 Å². The monoisotopic (exact) mass is 235 g/mol. The maximum Gasteiger partial charge on any atom is 0.255 e. The molecule has 1 aliphatic rings. The molecule has 0 saturated carbocycles. The van der Waals surface area contributed by atoms with E-state index in [1.807, 2.05) is 0 Å². The normalized spacial score (nSPS) is 15.9. The van der Waals surface area contributed by atoms with E-state index in [0.717, 1.165) is 0 Å². The van der Waals surface area contributed by atoms with Crippen LogP contribution in [-0.4, -0.2) is 24.1 Å². The van der Waals surface area contributed by atoms with Crippen LogP contribution in [0.4, 0.5) is 0 Å². The van der Waals surface area contributed by atoms with Crippen molar-refractivity contribution in [1.29, 1.82) is 0 Å². The lowest BCUT2D eigenvalue weighted by Crippen LogP contribution is -2.12. The minimum Gasteiger partial charge on any atom is -0.259 e. The van der Waals surface area contributed by atoms with Crippen LogP contribution < -0.4 is 0 Å². The number of allylic oxidation sites excluding steroid dienone is 4. The highest BCUT2D eigenvalue weighted by molar-refractivity contribution is 7.73. The van der Waals surface area contributed by atoms with Gasteiger partial charge < -0.3 is 0 Å². The van der Waals surface area contributed by atoms with Crippen molar-refractivity contribution >= 4 is 26.8 Å². The standard InChI is InChI=1S/C7H6ClNO4S/c8-4-5-1-2-6(14(12)13)3-7(5)9(10)11/h1-2H,3-4H2. The van der Waals surface area contributed by atoms with E-state index in [1.165, 1.54) is 12.2 Å². The van der Waals surface area contributed by atoms with Gasteiger partial charge in [0.05, 0.1) is 22.1 Å². The highest BCUT2D eigenvalue weighted by Gasteiger charge is 2.22. The quantitative estimate of drug-likeness (QED) is 0.307. The fourth-order valence-electron chi connectivity index (χ4n) is 1.05. The fraction of sp³-hybridized carbons (Fsp3) is 0.286. The van der Waals surface area contributed by atoms with E-state index in [1.54, 1.807) is 0 Å². The Kier molecular flexibility index (Phi) is 3.43. The molecule has 0 unspecified atom stereocenters. The molecule has 0 aromatic heterocycles. The van der Waals surface area contributed by atoms with E-state index >= 15 is 0 Å². The van der Waals surface area contributed by atoms with Crippen LogP contribution in [0, 0.1) is 10.1 Å². The van der Waals surface area contributed by atoms with Crippen molar-refractivity contribution in [3.8, 4) is 0 Å². The molecule has 0 saturated heterocycles. The zero-order valence-corrected chi connectivity index (χ0v) is 8.51. The van der Waals surface area contributed by atoms with Gasteiger partial charge in [0, 0.05) is 5.57 Å². The summed E-state index contributed by atoms with van der Waals surface area (Å²) in [6.07, 6.45) is 2.50. The van der Waals surface area contributed by atoms with Crippen LogP contribution in [0.25, 0.3) is 0 Å². The minimum atomic E-state index is -2.41. The number of rotatable bonds is 2. The lowest BCUT2D eigenvalue weighted by molar-refractivity contribution is -0.427. The summed E-state index contributed by atoms with van der Waals surface area (Å²) in [6, 6.07) is 0. The first-order valence-corrected chi connectivity index (χ1v) is 5.22. The molecule has 0 amide bonds. The Hall–Kier alpha value is -1.14. The van der Waals surface area contributed by atoms with Gasteiger partial charge in [0.2, 0.25) is 10.3 Å². The molecule has 0 radical (unpaired) electrons. The number of hydrogen-bond donors (Lipinski definition) is 0. The average molecular weight is 236 g/mol. The van der Waals surface area contributed by atoms with Crippen molar-refractivity contribution in [2.45, 2.75) is 6.42 Å². The number of nitro groups is 1. The predicted molar refractivity (Wildman–Crippen MR) is 52.4 cm³/mol. The third kappa shape index (κ3) is 2.21. The number of nitrogens with zero attached hydrogens (tertiary/aromatic N) is 1. The summed E-state index contributed by atoms with van der Waals surface area (Å²) in [6.45, 7) is 0. The van der Waals surface area contributed by atoms with Gasteiger partial charge in [0.25, 0.3) is 5.70 Å². The van der Waals surface area contributed by atoms with Gasteiger partial charge in [-0.15, -0.1) is 11.6 Å². The Morgan fingerprint density at radius 2 is 2.14 bits per heavy atom. The van der Waals surface area contributed by atoms with Crippen molar-refractivity contribution in [1.82, 2.24) is 0 Å². The predicted octanol–water partition coefficient (Wildman–Crippen LogP) is 0.767. The molecule has 1 aliphatic carbocycles. The molecule has 14 heavy (non-hydrogen) atoms. The van der Waals surface area contributed by atoms with E-state index in [9.17, 15) is 18.5 Å². The highest BCUT2D eigenvalue weighted by Crippen LogP contribution is 2.18. The molecular formula is C7H6ClNO4S. The first-order chi connectivity index (χ1) is 6.56. The minimum absolute atomic E-state index is 0.00515. The van der Waals surface area contributed by atoms with Crippen LogP contribution in [0.2, 0.25) is 0 Å². The third-order valence-corrected chi connectivity index (χ3v) is 2.76. The highest BCUT2D eigenvalue weighted by atomic mass is 35.5. The van der Waals surface area contributed by atoms with E-state index in [-0.39, 0.29) is 22.9 Å². The molecule has 0 spiro atoms. The van der Waals surface area contributed by atoms with E-state index in [2.05, 4.69) is 0 Å². The van der Waals surface area contributed by atoms with Gasteiger partial charge in [0.15, 0.2) is 0 Å². The van der Waals surface area contributed by atoms with Crippen LogP contribution in [0.3, 0.4) is 0 Å². The molecule has 0 heterocycles. The summed E-state index contributed by atoms with van der Waals surface area (Å²) in [4.78, 5) is 9.93. The molecule has 7 heteroatoms. The molecule has 5 nitrogen and oxygen atoms in total. The topological polar surface area (TPSA) is 77.3 Å². The van der Waals surface area contributed by atoms with Gasteiger partial charge in [-0.05, 0) is 6.08 Å². The van der Waals surface area contributed by atoms with Crippen molar-refractivity contribution in [2.24, 2.45) is 0 Å². The lowest BCUT2D eigenvalue weighted by atomic mass is 10.1. The summed E-state index contributed by atoms with van der Waals surface area (Å²) in [7, 11) is -2.41. The van der Waals surface area contributed by atoms with Crippen molar-refractivity contribution in [3.63, 3.8) is 0 Å². The molecule has 0 N–H and O–H groups in total. The van der Waals surface area contributed by atoms with Gasteiger partial charge in [0.1, 0.15) is 0 Å². The average Bonchev–Trinajstić information content (AvgIpc) is 2.16. The molecule has 0 aromatic rings. The number of halogens is 1. The molecule has 1 rings (SSSR count). The van der Waals surface area contributed by atoms with Gasteiger partial charge in [-0.2, -0.15) is 8.42 Å². The summed E-state index contributed by atoms with van der Waals surface area (Å²) < 4.78 is 21.1. The van der Waals surface area contributed by atoms with E-state index in [4.69, 9.17) is 11.6 Å². The SMILES string of the molecule is O=[N+]([O-])C1=C(CCl)C=CC(=S(=O)=O)C1. The molecule has 0 aromatic carbocycles. The fourth-order valence-corrected chi connectivity index (χ4v) is 1.72. The molecule has 0 fully saturated rings.